The molecule has 1 aliphatic heterocycles. The van der Waals surface area contributed by atoms with Crippen LogP contribution in [0.4, 0.5) is 11.5 Å². The minimum atomic E-state index is -0.473. The first-order valence-corrected chi connectivity index (χ1v) is 8.45. The van der Waals surface area contributed by atoms with Gasteiger partial charge in [0.2, 0.25) is 12.7 Å². The highest BCUT2D eigenvalue weighted by Gasteiger charge is 2.16. The van der Waals surface area contributed by atoms with E-state index in [1.54, 1.807) is 28.8 Å². The highest BCUT2D eigenvalue weighted by molar-refractivity contribution is 5.93. The van der Waals surface area contributed by atoms with E-state index >= 15 is 0 Å². The van der Waals surface area contributed by atoms with Crippen LogP contribution in [0, 0.1) is 0 Å². The second-order valence-corrected chi connectivity index (χ2v) is 6.13. The first kappa shape index (κ1) is 16.1. The SMILES string of the molecule is NC(=O)c1ccc(Nc2cc(-c3ccc4c(c3)OCO4)n3ncnc3n2)cc1. The topological polar surface area (TPSA) is 117 Å². The number of hydrogen-bond donors (Lipinski definition) is 2. The lowest BCUT2D eigenvalue weighted by atomic mass is 10.1. The standard InChI is InChI=1S/C19H14N6O3/c20-18(26)11-1-4-13(5-2-11)23-17-8-14(25-19(24-17)21-9-22-25)12-3-6-15-16(7-12)28-10-27-15/h1-9H,10H2,(H2,20,26)(H,21,22,23,24). The zero-order valence-corrected chi connectivity index (χ0v) is 14.5. The number of amides is 1. The number of ether oxygens (including phenoxy) is 2. The molecule has 0 saturated heterocycles. The molecule has 0 unspecified atom stereocenters. The smallest absolute Gasteiger partial charge is 0.254 e. The molecule has 0 spiro atoms. The number of anilines is 2. The fraction of sp³-hybridized carbons (Fsp3) is 0.0526. The number of primary amides is 1. The summed E-state index contributed by atoms with van der Waals surface area (Å²) in [4.78, 5) is 19.9. The van der Waals surface area contributed by atoms with Crippen LogP contribution in [0.1, 0.15) is 10.4 Å². The van der Waals surface area contributed by atoms with Crippen LogP contribution in [0.15, 0.2) is 54.9 Å². The molecule has 9 heteroatoms. The van der Waals surface area contributed by atoms with E-state index in [9.17, 15) is 4.79 Å². The van der Waals surface area contributed by atoms with Crippen LogP contribution in [-0.4, -0.2) is 32.3 Å². The predicted octanol–water partition coefficient (Wildman–Crippen LogP) is 2.36. The number of hydrogen-bond acceptors (Lipinski definition) is 7. The monoisotopic (exact) mass is 374 g/mol. The van der Waals surface area contributed by atoms with Crippen molar-refractivity contribution in [2.24, 2.45) is 5.73 Å². The Balaban J connectivity index is 1.55. The lowest BCUT2D eigenvalue weighted by Gasteiger charge is -2.10. The maximum Gasteiger partial charge on any atom is 0.254 e. The van der Waals surface area contributed by atoms with Gasteiger partial charge in [0.25, 0.3) is 5.78 Å². The Morgan fingerprint density at radius 3 is 2.71 bits per heavy atom. The molecule has 2 aromatic heterocycles. The molecule has 0 fully saturated rings. The van der Waals surface area contributed by atoms with Gasteiger partial charge in [0.15, 0.2) is 11.5 Å². The van der Waals surface area contributed by atoms with Crippen molar-refractivity contribution in [1.29, 1.82) is 0 Å². The summed E-state index contributed by atoms with van der Waals surface area (Å²) < 4.78 is 12.5. The Labute approximate surface area is 158 Å². The second-order valence-electron chi connectivity index (χ2n) is 6.13. The van der Waals surface area contributed by atoms with Gasteiger partial charge in [0.1, 0.15) is 12.1 Å². The zero-order valence-electron chi connectivity index (χ0n) is 14.5. The predicted molar refractivity (Wildman–Crippen MR) is 101 cm³/mol. The fourth-order valence-corrected chi connectivity index (χ4v) is 3.00. The Hall–Kier alpha value is -4.14. The lowest BCUT2D eigenvalue weighted by Crippen LogP contribution is -2.10. The van der Waals surface area contributed by atoms with Crippen molar-refractivity contribution in [3.05, 3.63) is 60.4 Å². The fourth-order valence-electron chi connectivity index (χ4n) is 3.00. The number of nitrogens with one attached hydrogen (secondary N) is 1. The summed E-state index contributed by atoms with van der Waals surface area (Å²) in [5.41, 5.74) is 8.15. The minimum Gasteiger partial charge on any atom is -0.454 e. The van der Waals surface area contributed by atoms with E-state index in [0.29, 0.717) is 28.7 Å². The molecule has 0 bridgehead atoms. The van der Waals surface area contributed by atoms with Gasteiger partial charge in [-0.2, -0.15) is 19.6 Å². The third kappa shape index (κ3) is 2.75. The van der Waals surface area contributed by atoms with Crippen molar-refractivity contribution in [3.8, 4) is 22.8 Å². The summed E-state index contributed by atoms with van der Waals surface area (Å²) in [7, 11) is 0. The Morgan fingerprint density at radius 1 is 1.07 bits per heavy atom. The van der Waals surface area contributed by atoms with E-state index in [2.05, 4.69) is 20.4 Å². The molecule has 2 aromatic carbocycles. The summed E-state index contributed by atoms with van der Waals surface area (Å²) in [5, 5.41) is 7.47. The van der Waals surface area contributed by atoms with Gasteiger partial charge in [0.05, 0.1) is 5.69 Å². The summed E-state index contributed by atoms with van der Waals surface area (Å²) in [5.74, 6) is 1.95. The number of nitrogens with zero attached hydrogens (tertiary/aromatic N) is 4. The van der Waals surface area contributed by atoms with E-state index in [0.717, 1.165) is 16.9 Å². The molecule has 3 N–H and O–H groups in total. The minimum absolute atomic E-state index is 0.210. The highest BCUT2D eigenvalue weighted by Crippen LogP contribution is 2.36. The van der Waals surface area contributed by atoms with E-state index < -0.39 is 5.91 Å². The quantitative estimate of drug-likeness (QED) is 0.563. The Bertz CT molecular complexity index is 1200. The number of carbonyl (C=O) groups is 1. The van der Waals surface area contributed by atoms with Crippen LogP contribution in [0.5, 0.6) is 11.5 Å². The highest BCUT2D eigenvalue weighted by atomic mass is 16.7. The molecule has 0 radical (unpaired) electrons. The van der Waals surface area contributed by atoms with Crippen molar-refractivity contribution < 1.29 is 14.3 Å². The first-order valence-electron chi connectivity index (χ1n) is 8.45. The molecule has 1 aliphatic rings. The van der Waals surface area contributed by atoms with Crippen molar-refractivity contribution in [3.63, 3.8) is 0 Å². The lowest BCUT2D eigenvalue weighted by molar-refractivity contribution is 0.100. The number of benzene rings is 2. The molecule has 138 valence electrons. The zero-order chi connectivity index (χ0) is 19.1. The van der Waals surface area contributed by atoms with Crippen LogP contribution >= 0.6 is 0 Å². The van der Waals surface area contributed by atoms with Crippen LogP contribution in [0.2, 0.25) is 0 Å². The number of nitrogens with two attached hydrogens (primary N) is 1. The van der Waals surface area contributed by atoms with E-state index in [1.807, 2.05) is 24.3 Å². The molecule has 0 atom stereocenters. The van der Waals surface area contributed by atoms with Crippen LogP contribution in [-0.2, 0) is 0 Å². The summed E-state index contributed by atoms with van der Waals surface area (Å²) in [6.07, 6.45) is 1.45. The van der Waals surface area contributed by atoms with E-state index in [-0.39, 0.29) is 6.79 Å². The summed E-state index contributed by atoms with van der Waals surface area (Å²) in [6, 6.07) is 14.4. The van der Waals surface area contributed by atoms with Gasteiger partial charge in [0, 0.05) is 22.9 Å². The van der Waals surface area contributed by atoms with Crippen LogP contribution in [0.25, 0.3) is 17.0 Å². The van der Waals surface area contributed by atoms with Crippen molar-refractivity contribution >= 4 is 23.2 Å². The Morgan fingerprint density at radius 2 is 1.89 bits per heavy atom. The number of aromatic nitrogens is 4. The van der Waals surface area contributed by atoms with Crippen molar-refractivity contribution in [2.45, 2.75) is 0 Å². The van der Waals surface area contributed by atoms with Gasteiger partial charge in [-0.05, 0) is 42.5 Å². The maximum atomic E-state index is 11.2. The van der Waals surface area contributed by atoms with Gasteiger partial charge in [-0.1, -0.05) is 0 Å². The van der Waals surface area contributed by atoms with Crippen molar-refractivity contribution in [2.75, 3.05) is 12.1 Å². The van der Waals surface area contributed by atoms with Gasteiger partial charge in [-0.15, -0.1) is 0 Å². The third-order valence-electron chi connectivity index (χ3n) is 4.36. The molecular formula is C19H14N6O3. The number of carbonyl (C=O) groups excluding carboxylic acids is 1. The molecule has 3 heterocycles. The first-order chi connectivity index (χ1) is 13.7. The van der Waals surface area contributed by atoms with Crippen LogP contribution < -0.4 is 20.5 Å². The molecule has 9 nitrogen and oxygen atoms in total. The molecule has 0 aliphatic carbocycles. The largest absolute Gasteiger partial charge is 0.454 e. The molecule has 28 heavy (non-hydrogen) atoms. The molecular weight excluding hydrogens is 360 g/mol. The average Bonchev–Trinajstić information content (AvgIpc) is 3.36. The van der Waals surface area contributed by atoms with Gasteiger partial charge >= 0.3 is 0 Å². The number of rotatable bonds is 4. The molecule has 4 aromatic rings. The van der Waals surface area contributed by atoms with E-state index in [4.69, 9.17) is 15.2 Å². The summed E-state index contributed by atoms with van der Waals surface area (Å²) >= 11 is 0. The maximum absolute atomic E-state index is 11.2. The van der Waals surface area contributed by atoms with Gasteiger partial charge in [-0.3, -0.25) is 4.79 Å². The van der Waals surface area contributed by atoms with Crippen molar-refractivity contribution in [1.82, 2.24) is 19.6 Å². The van der Waals surface area contributed by atoms with Crippen LogP contribution in [0.3, 0.4) is 0 Å². The normalized spacial score (nSPS) is 12.3. The average molecular weight is 374 g/mol. The van der Waals surface area contributed by atoms with E-state index in [1.165, 1.54) is 6.33 Å². The molecule has 0 saturated carbocycles. The molecule has 1 amide bonds. The molecule has 5 rings (SSSR count). The summed E-state index contributed by atoms with van der Waals surface area (Å²) in [6.45, 7) is 0.210. The van der Waals surface area contributed by atoms with Gasteiger partial charge in [-0.25, -0.2) is 0 Å². The number of fused-ring (bicyclic) bond motifs is 2. The third-order valence-corrected chi connectivity index (χ3v) is 4.36. The van der Waals surface area contributed by atoms with Gasteiger partial charge < -0.3 is 20.5 Å². The Kier molecular flexibility index (Phi) is 3.58. The second kappa shape index (κ2) is 6.23.